The monoisotopic (exact) mass is 156 g/mol. The lowest BCUT2D eigenvalue weighted by atomic mass is 10.3. The van der Waals surface area contributed by atoms with Crippen LogP contribution in [0.1, 0.15) is 20.8 Å². The number of primary amides is 1. The highest BCUT2D eigenvalue weighted by Gasteiger charge is 1.98. The van der Waals surface area contributed by atoms with Crippen LogP contribution in [0.3, 0.4) is 0 Å². The van der Waals surface area contributed by atoms with E-state index in [1.165, 1.54) is 0 Å². The number of amides is 1. The Morgan fingerprint density at radius 1 is 1.45 bits per heavy atom. The molecule has 64 valence electrons. The van der Waals surface area contributed by atoms with Gasteiger partial charge in [-0.15, -0.1) is 0 Å². The highest BCUT2D eigenvalue weighted by Crippen LogP contribution is 1.95. The van der Waals surface area contributed by atoms with Gasteiger partial charge in [0.15, 0.2) is 0 Å². The van der Waals surface area contributed by atoms with Crippen molar-refractivity contribution >= 4 is 5.91 Å². The van der Waals surface area contributed by atoms with Crippen molar-refractivity contribution in [2.24, 2.45) is 5.73 Å². The summed E-state index contributed by atoms with van der Waals surface area (Å²) in [7, 11) is 0. The van der Waals surface area contributed by atoms with E-state index in [2.05, 4.69) is 0 Å². The van der Waals surface area contributed by atoms with E-state index in [0.29, 0.717) is 5.57 Å². The van der Waals surface area contributed by atoms with Crippen molar-refractivity contribution in [1.82, 2.24) is 4.90 Å². The Balaban J connectivity index is 4.14. The molecular formula is C8H16N2O. The standard InChI is InChI=1S/C8H16N2O/c1-4-10(5-2)6-7(3)8(9)11/h6H,4-5H2,1-3H3,(H2,9,11). The molecule has 0 unspecified atom stereocenters. The SMILES string of the molecule is CCN(C=C(C)C(N)=O)CC. The average molecular weight is 156 g/mol. The van der Waals surface area contributed by atoms with Gasteiger partial charge in [0.2, 0.25) is 5.91 Å². The van der Waals surface area contributed by atoms with Crippen molar-refractivity contribution < 1.29 is 4.79 Å². The van der Waals surface area contributed by atoms with Gasteiger partial charge >= 0.3 is 0 Å². The third kappa shape index (κ3) is 3.65. The predicted molar refractivity (Wildman–Crippen MR) is 45.9 cm³/mol. The van der Waals surface area contributed by atoms with Gasteiger partial charge in [-0.3, -0.25) is 4.79 Å². The number of nitrogens with zero attached hydrogens (tertiary/aromatic N) is 1. The Labute approximate surface area is 67.9 Å². The van der Waals surface area contributed by atoms with E-state index in [4.69, 9.17) is 5.73 Å². The maximum atomic E-state index is 10.6. The Morgan fingerprint density at radius 2 is 1.91 bits per heavy atom. The molecule has 11 heavy (non-hydrogen) atoms. The van der Waals surface area contributed by atoms with Crippen LogP contribution in [0.4, 0.5) is 0 Å². The zero-order chi connectivity index (χ0) is 8.85. The van der Waals surface area contributed by atoms with E-state index in [0.717, 1.165) is 13.1 Å². The van der Waals surface area contributed by atoms with E-state index in [1.807, 2.05) is 18.7 Å². The number of carbonyl (C=O) groups is 1. The van der Waals surface area contributed by atoms with Gasteiger partial charge in [-0.05, 0) is 20.8 Å². The Morgan fingerprint density at radius 3 is 2.18 bits per heavy atom. The Bertz CT molecular complexity index is 159. The van der Waals surface area contributed by atoms with E-state index in [9.17, 15) is 4.79 Å². The van der Waals surface area contributed by atoms with Crippen LogP contribution in [-0.4, -0.2) is 23.9 Å². The molecule has 0 saturated carbocycles. The van der Waals surface area contributed by atoms with Crippen molar-refractivity contribution in [3.63, 3.8) is 0 Å². The third-order valence-corrected chi connectivity index (χ3v) is 1.58. The first-order valence-electron chi connectivity index (χ1n) is 3.84. The van der Waals surface area contributed by atoms with Crippen LogP contribution < -0.4 is 5.73 Å². The van der Waals surface area contributed by atoms with Crippen molar-refractivity contribution in [3.05, 3.63) is 11.8 Å². The summed E-state index contributed by atoms with van der Waals surface area (Å²) < 4.78 is 0. The zero-order valence-corrected chi connectivity index (χ0v) is 7.42. The topological polar surface area (TPSA) is 46.3 Å². The molecule has 0 aromatic rings. The minimum atomic E-state index is -0.350. The number of hydrogen-bond donors (Lipinski definition) is 1. The summed E-state index contributed by atoms with van der Waals surface area (Å²) in [5.41, 5.74) is 5.67. The largest absolute Gasteiger partial charge is 0.378 e. The zero-order valence-electron chi connectivity index (χ0n) is 7.42. The van der Waals surface area contributed by atoms with E-state index in [-0.39, 0.29) is 5.91 Å². The predicted octanol–water partition coefficient (Wildman–Crippen LogP) is 0.717. The summed E-state index contributed by atoms with van der Waals surface area (Å²) in [5, 5.41) is 0. The van der Waals surface area contributed by atoms with Gasteiger partial charge in [0.1, 0.15) is 0 Å². The van der Waals surface area contributed by atoms with Gasteiger partial charge in [0.25, 0.3) is 0 Å². The summed E-state index contributed by atoms with van der Waals surface area (Å²) in [6.07, 6.45) is 1.79. The molecule has 0 atom stereocenters. The first-order chi connectivity index (χ1) is 5.11. The van der Waals surface area contributed by atoms with Crippen LogP contribution in [-0.2, 0) is 4.79 Å². The molecule has 0 aromatic heterocycles. The molecule has 2 N–H and O–H groups in total. The number of rotatable bonds is 4. The molecule has 0 heterocycles. The van der Waals surface area contributed by atoms with Crippen LogP contribution in [0.25, 0.3) is 0 Å². The van der Waals surface area contributed by atoms with Crippen LogP contribution >= 0.6 is 0 Å². The molecule has 0 aromatic carbocycles. The lowest BCUT2D eigenvalue weighted by Gasteiger charge is -2.15. The quantitative estimate of drug-likeness (QED) is 0.609. The molecule has 0 aliphatic rings. The molecule has 0 aliphatic carbocycles. The van der Waals surface area contributed by atoms with Gasteiger partial charge < -0.3 is 10.6 Å². The van der Waals surface area contributed by atoms with Crippen LogP contribution in [0.15, 0.2) is 11.8 Å². The van der Waals surface area contributed by atoms with Gasteiger partial charge in [-0.2, -0.15) is 0 Å². The fourth-order valence-corrected chi connectivity index (χ4v) is 0.744. The van der Waals surface area contributed by atoms with E-state index in [1.54, 1.807) is 13.1 Å². The summed E-state index contributed by atoms with van der Waals surface area (Å²) in [6, 6.07) is 0. The minimum absolute atomic E-state index is 0.350. The fourth-order valence-electron chi connectivity index (χ4n) is 0.744. The van der Waals surface area contributed by atoms with E-state index < -0.39 is 0 Å². The second-order valence-corrected chi connectivity index (χ2v) is 2.40. The Kier molecular flexibility index (Phi) is 4.34. The first kappa shape index (κ1) is 10.0. The normalized spacial score (nSPS) is 11.4. The maximum Gasteiger partial charge on any atom is 0.245 e. The molecule has 3 heteroatoms. The molecule has 0 bridgehead atoms. The fraction of sp³-hybridized carbons (Fsp3) is 0.625. The maximum absolute atomic E-state index is 10.6. The van der Waals surface area contributed by atoms with Gasteiger partial charge in [-0.25, -0.2) is 0 Å². The van der Waals surface area contributed by atoms with Gasteiger partial charge in [0.05, 0.1) is 0 Å². The van der Waals surface area contributed by atoms with Crippen LogP contribution in [0.2, 0.25) is 0 Å². The number of nitrogens with two attached hydrogens (primary N) is 1. The molecule has 0 rings (SSSR count). The first-order valence-corrected chi connectivity index (χ1v) is 3.84. The summed E-state index contributed by atoms with van der Waals surface area (Å²) >= 11 is 0. The van der Waals surface area contributed by atoms with Crippen molar-refractivity contribution in [1.29, 1.82) is 0 Å². The highest BCUT2D eigenvalue weighted by molar-refractivity contribution is 5.91. The summed E-state index contributed by atoms with van der Waals surface area (Å²) in [4.78, 5) is 12.6. The van der Waals surface area contributed by atoms with Gasteiger partial charge in [0, 0.05) is 24.9 Å². The van der Waals surface area contributed by atoms with E-state index >= 15 is 0 Å². The number of hydrogen-bond acceptors (Lipinski definition) is 2. The highest BCUT2D eigenvalue weighted by atomic mass is 16.1. The summed E-state index contributed by atoms with van der Waals surface area (Å²) in [5.74, 6) is -0.350. The average Bonchev–Trinajstić information content (AvgIpc) is 1.99. The molecule has 0 spiro atoms. The summed E-state index contributed by atoms with van der Waals surface area (Å²) in [6.45, 7) is 7.60. The van der Waals surface area contributed by atoms with Gasteiger partial charge in [-0.1, -0.05) is 0 Å². The molecule has 0 aliphatic heterocycles. The molecule has 1 amide bonds. The lowest BCUT2D eigenvalue weighted by Crippen LogP contribution is -2.20. The van der Waals surface area contributed by atoms with Crippen molar-refractivity contribution in [2.45, 2.75) is 20.8 Å². The molecule has 0 fully saturated rings. The second kappa shape index (κ2) is 4.77. The van der Waals surface area contributed by atoms with Crippen LogP contribution in [0, 0.1) is 0 Å². The molecular weight excluding hydrogens is 140 g/mol. The minimum Gasteiger partial charge on any atom is -0.378 e. The molecule has 0 radical (unpaired) electrons. The molecule has 0 saturated heterocycles. The molecule has 3 nitrogen and oxygen atoms in total. The lowest BCUT2D eigenvalue weighted by molar-refractivity contribution is -0.114. The second-order valence-electron chi connectivity index (χ2n) is 2.40. The van der Waals surface area contributed by atoms with Crippen molar-refractivity contribution in [2.75, 3.05) is 13.1 Å². The van der Waals surface area contributed by atoms with Crippen LogP contribution in [0.5, 0.6) is 0 Å². The Hall–Kier alpha value is -0.990. The van der Waals surface area contributed by atoms with Crippen molar-refractivity contribution in [3.8, 4) is 0 Å². The third-order valence-electron chi connectivity index (χ3n) is 1.58. The number of carbonyl (C=O) groups excluding carboxylic acids is 1. The smallest absolute Gasteiger partial charge is 0.245 e.